The van der Waals surface area contributed by atoms with Gasteiger partial charge in [-0.2, -0.15) is 0 Å². The first kappa shape index (κ1) is 19.4. The highest BCUT2D eigenvalue weighted by Crippen LogP contribution is 2.06. The number of hydrogen-bond acceptors (Lipinski definition) is 6. The number of alkyl carbamates (subject to hydrolysis) is 1. The van der Waals surface area contributed by atoms with Crippen molar-refractivity contribution in [3.8, 4) is 0 Å². The van der Waals surface area contributed by atoms with Crippen LogP contribution in [0.3, 0.4) is 0 Å². The van der Waals surface area contributed by atoms with E-state index in [0.717, 1.165) is 0 Å². The number of ether oxygens (including phenoxy) is 2. The molecule has 1 amide bonds. The Hall–Kier alpha value is -1.63. The van der Waals surface area contributed by atoms with E-state index in [9.17, 15) is 14.4 Å². The molecule has 0 bridgehead atoms. The summed E-state index contributed by atoms with van der Waals surface area (Å²) in [5, 5.41) is 5.25. The van der Waals surface area contributed by atoms with Crippen LogP contribution in [0.1, 0.15) is 34.6 Å². The summed E-state index contributed by atoms with van der Waals surface area (Å²) in [6, 6.07) is -0.801. The first-order valence-electron chi connectivity index (χ1n) is 6.87. The van der Waals surface area contributed by atoms with Gasteiger partial charge < -0.3 is 14.8 Å². The van der Waals surface area contributed by atoms with Crippen LogP contribution in [0.4, 0.5) is 4.79 Å². The Morgan fingerprint density at radius 2 is 1.71 bits per heavy atom. The number of Topliss-reactive ketones (excluding diaryl/α,β-unsaturated/α-hetero) is 1. The highest BCUT2D eigenvalue weighted by atomic mass is 16.6. The Labute approximate surface area is 125 Å². The quantitative estimate of drug-likeness (QED) is 0.678. The average molecular weight is 302 g/mol. The summed E-state index contributed by atoms with van der Waals surface area (Å²) < 4.78 is 9.70. The molecule has 0 heterocycles. The van der Waals surface area contributed by atoms with Gasteiger partial charge in [0.05, 0.1) is 13.7 Å². The van der Waals surface area contributed by atoms with E-state index in [0.29, 0.717) is 0 Å². The number of ketones is 1. The van der Waals surface area contributed by atoms with Crippen LogP contribution in [-0.2, 0) is 19.1 Å². The molecule has 0 aliphatic carbocycles. The topological polar surface area (TPSA) is 93.7 Å². The summed E-state index contributed by atoms with van der Waals surface area (Å²) in [5.74, 6) is -0.710. The number of methoxy groups -OCH3 is 1. The average Bonchev–Trinajstić information content (AvgIpc) is 2.35. The molecule has 7 nitrogen and oxygen atoms in total. The molecule has 0 aromatic heterocycles. The first-order chi connectivity index (χ1) is 9.56. The number of carbonyl (C=O) groups is 3. The molecule has 122 valence electrons. The van der Waals surface area contributed by atoms with Crippen molar-refractivity contribution < 1.29 is 23.9 Å². The molecule has 21 heavy (non-hydrogen) atoms. The molecular formula is C14H26N2O5. The van der Waals surface area contributed by atoms with Gasteiger partial charge >= 0.3 is 12.1 Å². The minimum atomic E-state index is -0.801. The van der Waals surface area contributed by atoms with Crippen LogP contribution in [-0.4, -0.2) is 49.7 Å². The van der Waals surface area contributed by atoms with E-state index >= 15 is 0 Å². The van der Waals surface area contributed by atoms with E-state index in [-0.39, 0.29) is 24.8 Å². The van der Waals surface area contributed by atoms with Gasteiger partial charge in [-0.3, -0.25) is 14.9 Å². The molecule has 1 unspecified atom stereocenters. The van der Waals surface area contributed by atoms with Crippen molar-refractivity contribution >= 4 is 17.8 Å². The molecule has 0 saturated carbocycles. The first-order valence-corrected chi connectivity index (χ1v) is 6.87. The van der Waals surface area contributed by atoms with Crippen LogP contribution in [0.5, 0.6) is 0 Å². The van der Waals surface area contributed by atoms with Crippen LogP contribution >= 0.6 is 0 Å². The molecule has 0 radical (unpaired) electrons. The predicted octanol–water partition coefficient (Wildman–Crippen LogP) is 0.867. The largest absolute Gasteiger partial charge is 0.468 e. The second-order valence-electron chi connectivity index (χ2n) is 5.96. The summed E-state index contributed by atoms with van der Waals surface area (Å²) in [4.78, 5) is 34.7. The van der Waals surface area contributed by atoms with Gasteiger partial charge in [0.2, 0.25) is 0 Å². The normalized spacial score (nSPS) is 12.7. The predicted molar refractivity (Wildman–Crippen MR) is 77.9 cm³/mol. The molecule has 0 aromatic carbocycles. The third kappa shape index (κ3) is 9.01. The lowest BCUT2D eigenvalue weighted by molar-refractivity contribution is -0.143. The van der Waals surface area contributed by atoms with E-state index < -0.39 is 23.7 Å². The van der Waals surface area contributed by atoms with Gasteiger partial charge in [0.25, 0.3) is 0 Å². The van der Waals surface area contributed by atoms with Crippen molar-refractivity contribution in [2.75, 3.05) is 20.2 Å². The van der Waals surface area contributed by atoms with Crippen LogP contribution < -0.4 is 10.6 Å². The molecule has 7 heteroatoms. The summed E-state index contributed by atoms with van der Waals surface area (Å²) in [5.41, 5.74) is -0.619. The molecule has 0 fully saturated rings. The van der Waals surface area contributed by atoms with Crippen molar-refractivity contribution in [3.05, 3.63) is 0 Å². The Bertz CT molecular complexity index is 374. The van der Waals surface area contributed by atoms with E-state index in [4.69, 9.17) is 4.74 Å². The smallest absolute Gasteiger partial charge is 0.407 e. The van der Waals surface area contributed by atoms with E-state index in [2.05, 4.69) is 15.4 Å². The molecule has 0 aliphatic rings. The zero-order chi connectivity index (χ0) is 16.6. The molecule has 0 aromatic rings. The standard InChI is InChI=1S/C14H26N2O5/c1-9(2)11(17)8-15-10(12(18)20-6)7-16-13(19)21-14(3,4)5/h9-10,15H,7-8H2,1-6H3,(H,16,19). The number of rotatable bonds is 7. The van der Waals surface area contributed by atoms with Gasteiger partial charge in [-0.25, -0.2) is 4.79 Å². The number of amides is 1. The summed E-state index contributed by atoms with van der Waals surface area (Å²) in [6.07, 6.45) is -0.631. The van der Waals surface area contributed by atoms with Crippen LogP contribution in [0.25, 0.3) is 0 Å². The minimum absolute atomic E-state index is 0.0209. The van der Waals surface area contributed by atoms with Crippen molar-refractivity contribution in [3.63, 3.8) is 0 Å². The summed E-state index contributed by atoms with van der Waals surface area (Å²) in [6.45, 7) is 8.78. The number of carbonyl (C=O) groups excluding carboxylic acids is 3. The number of hydrogen-bond donors (Lipinski definition) is 2. The monoisotopic (exact) mass is 302 g/mol. The van der Waals surface area contributed by atoms with Gasteiger partial charge in [0.1, 0.15) is 17.4 Å². The maximum atomic E-state index is 11.6. The van der Waals surface area contributed by atoms with Gasteiger partial charge in [0.15, 0.2) is 0 Å². The lowest BCUT2D eigenvalue weighted by Crippen LogP contribution is -2.49. The second kappa shape index (κ2) is 8.61. The van der Waals surface area contributed by atoms with E-state index in [1.54, 1.807) is 34.6 Å². The van der Waals surface area contributed by atoms with Crippen LogP contribution in [0.2, 0.25) is 0 Å². The lowest BCUT2D eigenvalue weighted by atomic mass is 10.1. The van der Waals surface area contributed by atoms with E-state index in [1.807, 2.05) is 0 Å². The maximum Gasteiger partial charge on any atom is 0.407 e. The zero-order valence-electron chi connectivity index (χ0n) is 13.6. The minimum Gasteiger partial charge on any atom is -0.468 e. The van der Waals surface area contributed by atoms with Crippen molar-refractivity contribution in [2.45, 2.75) is 46.3 Å². The lowest BCUT2D eigenvalue weighted by Gasteiger charge is -2.21. The Kier molecular flexibility index (Phi) is 7.94. The fourth-order valence-corrected chi connectivity index (χ4v) is 1.31. The third-order valence-corrected chi connectivity index (χ3v) is 2.50. The number of esters is 1. The fraction of sp³-hybridized carbons (Fsp3) is 0.786. The molecule has 1 atom stereocenters. The molecule has 0 saturated heterocycles. The number of nitrogens with one attached hydrogen (secondary N) is 2. The highest BCUT2D eigenvalue weighted by Gasteiger charge is 2.23. The van der Waals surface area contributed by atoms with Crippen LogP contribution in [0.15, 0.2) is 0 Å². The van der Waals surface area contributed by atoms with Gasteiger partial charge in [-0.1, -0.05) is 13.8 Å². The van der Waals surface area contributed by atoms with Gasteiger partial charge in [0, 0.05) is 12.5 Å². The summed E-state index contributed by atoms with van der Waals surface area (Å²) >= 11 is 0. The Morgan fingerprint density at radius 1 is 1.14 bits per heavy atom. The van der Waals surface area contributed by atoms with Crippen molar-refractivity contribution in [1.29, 1.82) is 0 Å². The highest BCUT2D eigenvalue weighted by molar-refractivity contribution is 5.83. The molecule has 0 aliphatic heterocycles. The Balaban J connectivity index is 4.41. The molecule has 0 spiro atoms. The molecular weight excluding hydrogens is 276 g/mol. The van der Waals surface area contributed by atoms with Gasteiger partial charge in [-0.15, -0.1) is 0 Å². The zero-order valence-corrected chi connectivity index (χ0v) is 13.6. The fourth-order valence-electron chi connectivity index (χ4n) is 1.31. The van der Waals surface area contributed by atoms with Crippen molar-refractivity contribution in [2.24, 2.45) is 5.92 Å². The Morgan fingerprint density at radius 3 is 2.14 bits per heavy atom. The van der Waals surface area contributed by atoms with Crippen LogP contribution in [0, 0.1) is 5.92 Å². The second-order valence-corrected chi connectivity index (χ2v) is 5.96. The SMILES string of the molecule is COC(=O)C(CNC(=O)OC(C)(C)C)NCC(=O)C(C)C. The maximum absolute atomic E-state index is 11.6. The van der Waals surface area contributed by atoms with Crippen molar-refractivity contribution in [1.82, 2.24) is 10.6 Å². The summed E-state index contributed by atoms with van der Waals surface area (Å²) in [7, 11) is 1.24. The molecule has 2 N–H and O–H groups in total. The van der Waals surface area contributed by atoms with E-state index in [1.165, 1.54) is 7.11 Å². The molecule has 0 rings (SSSR count). The third-order valence-electron chi connectivity index (χ3n) is 2.50. The van der Waals surface area contributed by atoms with Gasteiger partial charge in [-0.05, 0) is 20.8 Å².